The molecule has 1 aromatic rings. The number of aromatic nitrogens is 2. The van der Waals surface area contributed by atoms with E-state index in [4.69, 9.17) is 11.6 Å². The van der Waals surface area contributed by atoms with E-state index in [1.54, 1.807) is 0 Å². The highest BCUT2D eigenvalue weighted by Crippen LogP contribution is 2.32. The third-order valence-electron chi connectivity index (χ3n) is 4.86. The number of aryl methyl sites for hydroxylation is 2. The van der Waals surface area contributed by atoms with Crippen molar-refractivity contribution in [2.24, 2.45) is 5.92 Å². The fourth-order valence-corrected chi connectivity index (χ4v) is 3.50. The van der Waals surface area contributed by atoms with E-state index in [1.807, 2.05) is 4.68 Å². The molecule has 1 aliphatic rings. The van der Waals surface area contributed by atoms with E-state index < -0.39 is 0 Å². The van der Waals surface area contributed by atoms with Gasteiger partial charge < -0.3 is 10.4 Å². The zero-order valence-corrected chi connectivity index (χ0v) is 14.2. The van der Waals surface area contributed by atoms with Gasteiger partial charge in [-0.3, -0.25) is 4.68 Å². The Morgan fingerprint density at radius 3 is 2.57 bits per heavy atom. The third-order valence-corrected chi connectivity index (χ3v) is 5.30. The van der Waals surface area contributed by atoms with E-state index in [0.717, 1.165) is 48.1 Å². The largest absolute Gasteiger partial charge is 0.394 e. The summed E-state index contributed by atoms with van der Waals surface area (Å²) in [5.74, 6) is 0.767. The van der Waals surface area contributed by atoms with Gasteiger partial charge in [-0.1, -0.05) is 25.4 Å². The lowest BCUT2D eigenvalue weighted by atomic mass is 9.77. The van der Waals surface area contributed by atoms with Crippen LogP contribution >= 0.6 is 11.6 Å². The van der Waals surface area contributed by atoms with Gasteiger partial charge in [-0.2, -0.15) is 5.10 Å². The molecule has 0 atom stereocenters. The fraction of sp³-hybridized carbons (Fsp3) is 0.812. The van der Waals surface area contributed by atoms with Crippen LogP contribution in [0.1, 0.15) is 57.8 Å². The molecule has 1 aliphatic carbocycles. The molecule has 0 bridgehead atoms. The monoisotopic (exact) mass is 313 g/mol. The first-order chi connectivity index (χ1) is 10.0. The summed E-state index contributed by atoms with van der Waals surface area (Å²) in [6, 6.07) is 0. The van der Waals surface area contributed by atoms with Crippen LogP contribution in [0.5, 0.6) is 0 Å². The van der Waals surface area contributed by atoms with Crippen LogP contribution in [0.3, 0.4) is 0 Å². The van der Waals surface area contributed by atoms with Crippen molar-refractivity contribution in [2.45, 2.75) is 71.5 Å². The molecule has 21 heavy (non-hydrogen) atoms. The van der Waals surface area contributed by atoms with Gasteiger partial charge in [-0.05, 0) is 44.9 Å². The van der Waals surface area contributed by atoms with E-state index in [-0.39, 0.29) is 12.1 Å². The summed E-state index contributed by atoms with van der Waals surface area (Å²) >= 11 is 6.45. The van der Waals surface area contributed by atoms with Crippen LogP contribution in [0.25, 0.3) is 0 Å². The number of rotatable bonds is 6. The maximum absolute atomic E-state index is 9.84. The van der Waals surface area contributed by atoms with E-state index in [9.17, 15) is 5.11 Å². The Morgan fingerprint density at radius 2 is 2.05 bits per heavy atom. The number of nitrogens with zero attached hydrogens (tertiary/aromatic N) is 2. The van der Waals surface area contributed by atoms with Gasteiger partial charge >= 0.3 is 0 Å². The molecule has 0 spiro atoms. The van der Waals surface area contributed by atoms with Crippen LogP contribution in [-0.4, -0.2) is 27.0 Å². The molecular formula is C16H28ClN3O. The second kappa shape index (κ2) is 7.12. The Morgan fingerprint density at radius 1 is 1.38 bits per heavy atom. The molecule has 120 valence electrons. The Hall–Kier alpha value is -0.580. The maximum atomic E-state index is 9.84. The van der Waals surface area contributed by atoms with Gasteiger partial charge in [0.25, 0.3) is 0 Å². The van der Waals surface area contributed by atoms with Crippen molar-refractivity contribution < 1.29 is 5.11 Å². The van der Waals surface area contributed by atoms with Gasteiger partial charge in [-0.25, -0.2) is 0 Å². The van der Waals surface area contributed by atoms with Gasteiger partial charge in [0.1, 0.15) is 0 Å². The van der Waals surface area contributed by atoms with Gasteiger partial charge in [0.15, 0.2) is 0 Å². The van der Waals surface area contributed by atoms with Crippen molar-refractivity contribution in [3.8, 4) is 0 Å². The Kier molecular flexibility index (Phi) is 5.69. The molecule has 0 aliphatic heterocycles. The van der Waals surface area contributed by atoms with Crippen LogP contribution in [0.15, 0.2) is 0 Å². The molecule has 1 aromatic heterocycles. The molecule has 2 N–H and O–H groups in total. The highest BCUT2D eigenvalue weighted by molar-refractivity contribution is 6.31. The molecule has 0 saturated heterocycles. The van der Waals surface area contributed by atoms with Crippen molar-refractivity contribution in [2.75, 3.05) is 6.61 Å². The van der Waals surface area contributed by atoms with Crippen molar-refractivity contribution in [1.29, 1.82) is 0 Å². The van der Waals surface area contributed by atoms with Crippen LogP contribution in [-0.2, 0) is 19.5 Å². The highest BCUT2D eigenvalue weighted by atomic mass is 35.5. The summed E-state index contributed by atoms with van der Waals surface area (Å²) in [5, 5.41) is 18.7. The minimum absolute atomic E-state index is 0.148. The summed E-state index contributed by atoms with van der Waals surface area (Å²) in [6.07, 6.45) is 5.26. The minimum Gasteiger partial charge on any atom is -0.394 e. The second-order valence-corrected chi connectivity index (χ2v) is 6.73. The standard InChI is InChI=1S/C16H28ClN3O/c1-4-13-15(17)14(20(5-2)19-13)10-18-16(11-21)8-6-12(3)7-9-16/h12,18,21H,4-11H2,1-3H3. The minimum atomic E-state index is -0.148. The number of hydrogen-bond donors (Lipinski definition) is 2. The first-order valence-corrected chi connectivity index (χ1v) is 8.53. The predicted molar refractivity (Wildman–Crippen MR) is 86.6 cm³/mol. The molecule has 2 rings (SSSR count). The molecule has 4 nitrogen and oxygen atoms in total. The average Bonchev–Trinajstić information content (AvgIpc) is 2.83. The topological polar surface area (TPSA) is 50.1 Å². The predicted octanol–water partition coefficient (Wildman–Crippen LogP) is 3.15. The lowest BCUT2D eigenvalue weighted by Crippen LogP contribution is -2.50. The van der Waals surface area contributed by atoms with E-state index in [0.29, 0.717) is 6.54 Å². The van der Waals surface area contributed by atoms with Gasteiger partial charge in [0, 0.05) is 18.6 Å². The summed E-state index contributed by atoms with van der Waals surface area (Å²) in [5.41, 5.74) is 1.86. The summed E-state index contributed by atoms with van der Waals surface area (Å²) < 4.78 is 1.98. The summed E-state index contributed by atoms with van der Waals surface area (Å²) in [6.45, 7) is 8.13. The number of nitrogens with one attached hydrogen (secondary N) is 1. The van der Waals surface area contributed by atoms with E-state index in [2.05, 4.69) is 31.2 Å². The zero-order valence-electron chi connectivity index (χ0n) is 13.5. The molecule has 1 saturated carbocycles. The van der Waals surface area contributed by atoms with Crippen LogP contribution in [0.4, 0.5) is 0 Å². The zero-order chi connectivity index (χ0) is 15.5. The van der Waals surface area contributed by atoms with Crippen LogP contribution in [0.2, 0.25) is 5.02 Å². The van der Waals surface area contributed by atoms with Crippen LogP contribution in [0, 0.1) is 5.92 Å². The van der Waals surface area contributed by atoms with Crippen molar-refractivity contribution in [3.63, 3.8) is 0 Å². The van der Waals surface area contributed by atoms with Gasteiger partial charge in [0.2, 0.25) is 0 Å². The fourth-order valence-electron chi connectivity index (χ4n) is 3.16. The van der Waals surface area contributed by atoms with Crippen molar-refractivity contribution in [3.05, 3.63) is 16.4 Å². The van der Waals surface area contributed by atoms with Gasteiger partial charge in [-0.15, -0.1) is 0 Å². The molecule has 0 aromatic carbocycles. The SMILES string of the molecule is CCc1nn(CC)c(CNC2(CO)CCC(C)CC2)c1Cl. The molecule has 5 heteroatoms. The summed E-state index contributed by atoms with van der Waals surface area (Å²) in [7, 11) is 0. The molecule has 1 heterocycles. The molecular weight excluding hydrogens is 286 g/mol. The van der Waals surface area contributed by atoms with Crippen LogP contribution < -0.4 is 5.32 Å². The normalized spacial score (nSPS) is 26.2. The molecule has 0 radical (unpaired) electrons. The molecule has 0 unspecified atom stereocenters. The second-order valence-electron chi connectivity index (χ2n) is 6.35. The Bertz CT molecular complexity index is 464. The number of halogens is 1. The van der Waals surface area contributed by atoms with E-state index >= 15 is 0 Å². The summed E-state index contributed by atoms with van der Waals surface area (Å²) in [4.78, 5) is 0. The number of hydrogen-bond acceptors (Lipinski definition) is 3. The first kappa shape index (κ1) is 16.8. The Balaban J connectivity index is 2.09. The first-order valence-electron chi connectivity index (χ1n) is 8.15. The van der Waals surface area contributed by atoms with Crippen molar-refractivity contribution in [1.82, 2.24) is 15.1 Å². The van der Waals surface area contributed by atoms with E-state index in [1.165, 1.54) is 12.8 Å². The Labute approximate surface area is 132 Å². The van der Waals surface area contributed by atoms with Crippen molar-refractivity contribution >= 4 is 11.6 Å². The molecule has 1 fully saturated rings. The average molecular weight is 314 g/mol. The highest BCUT2D eigenvalue weighted by Gasteiger charge is 2.33. The quantitative estimate of drug-likeness (QED) is 0.848. The maximum Gasteiger partial charge on any atom is 0.0863 e. The number of aliphatic hydroxyl groups is 1. The smallest absolute Gasteiger partial charge is 0.0863 e. The lowest BCUT2D eigenvalue weighted by molar-refractivity contribution is 0.103. The molecule has 0 amide bonds. The number of aliphatic hydroxyl groups excluding tert-OH is 1. The third kappa shape index (κ3) is 3.61. The lowest BCUT2D eigenvalue weighted by Gasteiger charge is -2.39. The van der Waals surface area contributed by atoms with Gasteiger partial charge in [0.05, 0.1) is 23.0 Å².